The van der Waals surface area contributed by atoms with Crippen molar-refractivity contribution in [2.75, 3.05) is 5.88 Å². The van der Waals surface area contributed by atoms with Gasteiger partial charge in [0.2, 0.25) is 0 Å². The number of aliphatic hydroxyl groups is 1. The Morgan fingerprint density at radius 2 is 2.18 bits per heavy atom. The van der Waals surface area contributed by atoms with E-state index in [1.807, 2.05) is 0 Å². The standard InChI is InChI=1S/C6H5Cl3OS/c7-2-4(10)3-1-5(8)11-6(3)9/h1,4,10H,2H2/t4-/m0/s1. The van der Waals surface area contributed by atoms with E-state index in [2.05, 4.69) is 0 Å². The SMILES string of the molecule is O[C@@H](CCl)c1cc(Cl)sc1Cl. The zero-order valence-electron chi connectivity index (χ0n) is 5.35. The second kappa shape index (κ2) is 3.97. The Morgan fingerprint density at radius 3 is 2.55 bits per heavy atom. The third-order valence-corrected chi connectivity index (χ3v) is 3.00. The summed E-state index contributed by atoms with van der Waals surface area (Å²) in [5.41, 5.74) is 0.608. The van der Waals surface area contributed by atoms with Crippen LogP contribution in [0.1, 0.15) is 11.7 Å². The summed E-state index contributed by atoms with van der Waals surface area (Å²) in [6.07, 6.45) is -0.715. The largest absolute Gasteiger partial charge is 0.387 e. The highest BCUT2D eigenvalue weighted by molar-refractivity contribution is 7.20. The molecule has 1 aromatic rings. The van der Waals surface area contributed by atoms with Crippen LogP contribution < -0.4 is 0 Å². The molecule has 0 aliphatic heterocycles. The average molecular weight is 232 g/mol. The molecule has 62 valence electrons. The van der Waals surface area contributed by atoms with E-state index in [4.69, 9.17) is 34.8 Å². The van der Waals surface area contributed by atoms with Gasteiger partial charge in [-0.15, -0.1) is 22.9 Å². The van der Waals surface area contributed by atoms with Crippen LogP contribution in [0.25, 0.3) is 0 Å². The Bertz CT molecular complexity index is 248. The highest BCUT2D eigenvalue weighted by atomic mass is 35.5. The van der Waals surface area contributed by atoms with Crippen LogP contribution >= 0.6 is 46.1 Å². The van der Waals surface area contributed by atoms with Crippen molar-refractivity contribution < 1.29 is 5.11 Å². The molecule has 1 rings (SSSR count). The quantitative estimate of drug-likeness (QED) is 0.774. The summed E-state index contributed by atoms with van der Waals surface area (Å²) in [5.74, 6) is 0.132. The molecule has 1 nitrogen and oxygen atoms in total. The van der Waals surface area contributed by atoms with E-state index >= 15 is 0 Å². The van der Waals surface area contributed by atoms with E-state index in [0.29, 0.717) is 14.2 Å². The van der Waals surface area contributed by atoms with E-state index in [0.717, 1.165) is 0 Å². The minimum atomic E-state index is -0.715. The van der Waals surface area contributed by atoms with Crippen LogP contribution in [0.3, 0.4) is 0 Å². The Kier molecular flexibility index (Phi) is 3.47. The van der Waals surface area contributed by atoms with Gasteiger partial charge in [0.05, 0.1) is 16.3 Å². The fraction of sp³-hybridized carbons (Fsp3) is 0.333. The van der Waals surface area contributed by atoms with E-state index in [1.165, 1.54) is 11.3 Å². The maximum Gasteiger partial charge on any atom is 0.100 e. The Hall–Kier alpha value is 0.530. The van der Waals surface area contributed by atoms with Gasteiger partial charge >= 0.3 is 0 Å². The van der Waals surface area contributed by atoms with Gasteiger partial charge in [-0.05, 0) is 6.07 Å². The normalized spacial score (nSPS) is 13.5. The fourth-order valence-electron chi connectivity index (χ4n) is 0.663. The summed E-state index contributed by atoms with van der Waals surface area (Å²) in [7, 11) is 0. The predicted octanol–water partition coefficient (Wildman–Crippen LogP) is 3.33. The maximum absolute atomic E-state index is 9.26. The van der Waals surface area contributed by atoms with Gasteiger partial charge in [-0.3, -0.25) is 0 Å². The number of aliphatic hydroxyl groups excluding tert-OH is 1. The van der Waals surface area contributed by atoms with Gasteiger partial charge in [-0.2, -0.15) is 0 Å². The molecule has 0 radical (unpaired) electrons. The zero-order valence-corrected chi connectivity index (χ0v) is 8.44. The molecule has 1 N–H and O–H groups in total. The molecule has 0 spiro atoms. The lowest BCUT2D eigenvalue weighted by atomic mass is 10.2. The van der Waals surface area contributed by atoms with Gasteiger partial charge in [0, 0.05) is 5.56 Å². The molecule has 0 saturated carbocycles. The molecule has 1 atom stereocenters. The van der Waals surface area contributed by atoms with Crippen LogP contribution in [0.15, 0.2) is 6.07 Å². The van der Waals surface area contributed by atoms with Gasteiger partial charge in [0.15, 0.2) is 0 Å². The van der Waals surface area contributed by atoms with E-state index in [1.54, 1.807) is 6.07 Å². The number of hydrogen-bond donors (Lipinski definition) is 1. The highest BCUT2D eigenvalue weighted by Crippen LogP contribution is 2.35. The van der Waals surface area contributed by atoms with Crippen molar-refractivity contribution in [2.45, 2.75) is 6.10 Å². The van der Waals surface area contributed by atoms with Crippen molar-refractivity contribution in [3.63, 3.8) is 0 Å². The molecule has 11 heavy (non-hydrogen) atoms. The van der Waals surface area contributed by atoms with Crippen molar-refractivity contribution in [3.8, 4) is 0 Å². The van der Waals surface area contributed by atoms with Gasteiger partial charge in [0.25, 0.3) is 0 Å². The molecule has 0 bridgehead atoms. The molecule has 0 amide bonds. The fourth-order valence-corrected chi connectivity index (χ4v) is 2.40. The lowest BCUT2D eigenvalue weighted by molar-refractivity contribution is 0.203. The third-order valence-electron chi connectivity index (χ3n) is 1.19. The summed E-state index contributed by atoms with van der Waals surface area (Å²) < 4.78 is 1.07. The van der Waals surface area contributed by atoms with Crippen LogP contribution in [-0.4, -0.2) is 11.0 Å². The predicted molar refractivity (Wildman–Crippen MR) is 50.0 cm³/mol. The van der Waals surface area contributed by atoms with Gasteiger partial charge in [0.1, 0.15) is 4.34 Å². The van der Waals surface area contributed by atoms with Crippen LogP contribution in [0.2, 0.25) is 8.67 Å². The van der Waals surface area contributed by atoms with Crippen molar-refractivity contribution in [3.05, 3.63) is 20.3 Å². The lowest BCUT2D eigenvalue weighted by Gasteiger charge is -2.02. The van der Waals surface area contributed by atoms with Crippen molar-refractivity contribution in [2.24, 2.45) is 0 Å². The minimum absolute atomic E-state index is 0.132. The molecule has 0 aromatic carbocycles. The molecular formula is C6H5Cl3OS. The zero-order chi connectivity index (χ0) is 8.43. The molecule has 0 saturated heterocycles. The highest BCUT2D eigenvalue weighted by Gasteiger charge is 2.13. The Labute approximate surface area is 83.5 Å². The van der Waals surface area contributed by atoms with Crippen molar-refractivity contribution >= 4 is 46.1 Å². The Morgan fingerprint density at radius 1 is 1.55 bits per heavy atom. The first-order valence-corrected chi connectivity index (χ1v) is 4.94. The number of thiophene rings is 1. The summed E-state index contributed by atoms with van der Waals surface area (Å²) in [5, 5.41) is 9.26. The number of rotatable bonds is 2. The van der Waals surface area contributed by atoms with Gasteiger partial charge in [-0.25, -0.2) is 0 Å². The Balaban J connectivity index is 2.93. The average Bonchev–Trinajstić information content (AvgIpc) is 2.28. The van der Waals surface area contributed by atoms with Crippen molar-refractivity contribution in [1.29, 1.82) is 0 Å². The maximum atomic E-state index is 9.26. The first kappa shape index (κ1) is 9.62. The number of alkyl halides is 1. The molecule has 1 heterocycles. The first-order chi connectivity index (χ1) is 5.15. The second-order valence-corrected chi connectivity index (χ2v) is 4.54. The number of halogens is 3. The van der Waals surface area contributed by atoms with Crippen LogP contribution in [-0.2, 0) is 0 Å². The summed E-state index contributed by atoms with van der Waals surface area (Å²) in [6.45, 7) is 0. The molecule has 1 aromatic heterocycles. The number of hydrogen-bond acceptors (Lipinski definition) is 2. The second-order valence-electron chi connectivity index (χ2n) is 1.95. The van der Waals surface area contributed by atoms with E-state index in [-0.39, 0.29) is 5.88 Å². The summed E-state index contributed by atoms with van der Waals surface area (Å²) in [6, 6.07) is 1.63. The van der Waals surface area contributed by atoms with Crippen LogP contribution in [0.5, 0.6) is 0 Å². The monoisotopic (exact) mass is 230 g/mol. The lowest BCUT2D eigenvalue weighted by Crippen LogP contribution is -1.96. The van der Waals surface area contributed by atoms with Crippen LogP contribution in [0.4, 0.5) is 0 Å². The van der Waals surface area contributed by atoms with E-state index in [9.17, 15) is 5.11 Å². The molecular weight excluding hydrogens is 226 g/mol. The first-order valence-electron chi connectivity index (χ1n) is 2.84. The molecule has 0 aliphatic carbocycles. The molecule has 5 heteroatoms. The topological polar surface area (TPSA) is 20.2 Å². The third kappa shape index (κ3) is 2.23. The van der Waals surface area contributed by atoms with Crippen LogP contribution in [0, 0.1) is 0 Å². The van der Waals surface area contributed by atoms with Gasteiger partial charge < -0.3 is 5.11 Å². The molecule has 0 fully saturated rings. The summed E-state index contributed by atoms with van der Waals surface area (Å²) in [4.78, 5) is 0. The smallest absolute Gasteiger partial charge is 0.100 e. The summed E-state index contributed by atoms with van der Waals surface area (Å²) >= 11 is 18.0. The van der Waals surface area contributed by atoms with E-state index < -0.39 is 6.10 Å². The van der Waals surface area contributed by atoms with Gasteiger partial charge in [-0.1, -0.05) is 23.2 Å². The van der Waals surface area contributed by atoms with Crippen molar-refractivity contribution in [1.82, 2.24) is 0 Å². The molecule has 0 aliphatic rings. The molecule has 0 unspecified atom stereocenters. The minimum Gasteiger partial charge on any atom is -0.387 e.